The van der Waals surface area contributed by atoms with Gasteiger partial charge in [0.2, 0.25) is 5.91 Å². The number of anilines is 1. The van der Waals surface area contributed by atoms with Crippen molar-refractivity contribution in [2.24, 2.45) is 0 Å². The van der Waals surface area contributed by atoms with E-state index in [0.29, 0.717) is 25.1 Å². The molecule has 24 heavy (non-hydrogen) atoms. The van der Waals surface area contributed by atoms with Gasteiger partial charge in [-0.1, -0.05) is 18.2 Å². The fourth-order valence-electron chi connectivity index (χ4n) is 3.80. The van der Waals surface area contributed by atoms with Gasteiger partial charge in [0.15, 0.2) is 0 Å². The van der Waals surface area contributed by atoms with Gasteiger partial charge in [0.25, 0.3) is 5.91 Å². The van der Waals surface area contributed by atoms with Crippen LogP contribution in [-0.4, -0.2) is 45.3 Å². The highest BCUT2D eigenvalue weighted by atomic mass is 16.2. The van der Waals surface area contributed by atoms with Crippen molar-refractivity contribution >= 4 is 17.5 Å². The number of amides is 2. The van der Waals surface area contributed by atoms with Gasteiger partial charge in [-0.15, -0.1) is 0 Å². The number of carbonyl (C=O) groups is 2. The number of carbonyl (C=O) groups excluding carboxylic acids is 2. The van der Waals surface area contributed by atoms with Crippen LogP contribution in [0.25, 0.3) is 0 Å². The lowest BCUT2D eigenvalue weighted by Gasteiger charge is -2.39. The first-order valence-electron chi connectivity index (χ1n) is 8.20. The fourth-order valence-corrected chi connectivity index (χ4v) is 3.80. The molecule has 2 aliphatic rings. The molecule has 3 heterocycles. The molecule has 2 aromatic rings. The van der Waals surface area contributed by atoms with Crippen LogP contribution in [0.2, 0.25) is 0 Å². The summed E-state index contributed by atoms with van der Waals surface area (Å²) in [6.07, 6.45) is 6.54. The third kappa shape index (κ3) is 2.44. The van der Waals surface area contributed by atoms with Gasteiger partial charge in [-0.25, -0.2) is 4.98 Å². The molecular weight excluding hydrogens is 304 g/mol. The van der Waals surface area contributed by atoms with Gasteiger partial charge >= 0.3 is 0 Å². The molecule has 1 aromatic carbocycles. The van der Waals surface area contributed by atoms with E-state index in [9.17, 15) is 9.59 Å². The number of fused-ring (bicyclic) bond motifs is 1. The Bertz CT molecular complexity index is 750. The monoisotopic (exact) mass is 322 g/mol. The molecule has 0 saturated carbocycles. The number of rotatable bonds is 2. The zero-order valence-electron chi connectivity index (χ0n) is 13.2. The third-order valence-corrected chi connectivity index (χ3v) is 4.84. The standard InChI is InChI=1S/C18H18N4O2/c23-17-7-6-15-16(22(17)13-4-2-1-3-5-13)8-11-21(15)18(24)14-12-19-9-10-20-14/h1-5,9-10,12,15-16H,6-8,11H2/t15-,16-/m1/s1. The highest BCUT2D eigenvalue weighted by Crippen LogP contribution is 2.35. The molecule has 0 unspecified atom stereocenters. The number of piperidine rings is 1. The van der Waals surface area contributed by atoms with Crippen LogP contribution in [0.5, 0.6) is 0 Å². The van der Waals surface area contributed by atoms with Gasteiger partial charge in [0.1, 0.15) is 5.69 Å². The molecule has 1 aromatic heterocycles. The maximum Gasteiger partial charge on any atom is 0.274 e. The first-order chi connectivity index (χ1) is 11.8. The molecule has 6 heteroatoms. The third-order valence-electron chi connectivity index (χ3n) is 4.84. The van der Waals surface area contributed by atoms with Crippen molar-refractivity contribution in [2.75, 3.05) is 11.4 Å². The zero-order chi connectivity index (χ0) is 16.5. The van der Waals surface area contributed by atoms with Gasteiger partial charge in [-0.05, 0) is 25.0 Å². The lowest BCUT2D eigenvalue weighted by molar-refractivity contribution is -0.120. The summed E-state index contributed by atoms with van der Waals surface area (Å²) < 4.78 is 0. The number of nitrogens with zero attached hydrogens (tertiary/aromatic N) is 4. The molecule has 2 aliphatic heterocycles. The van der Waals surface area contributed by atoms with Crippen molar-refractivity contribution in [2.45, 2.75) is 31.3 Å². The van der Waals surface area contributed by atoms with Crippen molar-refractivity contribution in [1.82, 2.24) is 14.9 Å². The van der Waals surface area contributed by atoms with Crippen molar-refractivity contribution in [1.29, 1.82) is 0 Å². The molecule has 0 aliphatic carbocycles. The Hall–Kier alpha value is -2.76. The van der Waals surface area contributed by atoms with E-state index in [1.807, 2.05) is 40.1 Å². The summed E-state index contributed by atoms with van der Waals surface area (Å²) >= 11 is 0. The molecule has 4 rings (SSSR count). The first-order valence-corrected chi connectivity index (χ1v) is 8.20. The Kier molecular flexibility index (Phi) is 3.72. The van der Waals surface area contributed by atoms with Gasteiger partial charge in [-0.2, -0.15) is 0 Å². The molecule has 6 nitrogen and oxygen atoms in total. The number of hydrogen-bond donors (Lipinski definition) is 0. The van der Waals surface area contributed by atoms with Crippen molar-refractivity contribution in [3.8, 4) is 0 Å². The lowest BCUT2D eigenvalue weighted by atomic mass is 9.95. The highest BCUT2D eigenvalue weighted by molar-refractivity contribution is 5.97. The van der Waals surface area contributed by atoms with Crippen LogP contribution in [0.1, 0.15) is 29.8 Å². The summed E-state index contributed by atoms with van der Waals surface area (Å²) in [7, 11) is 0. The summed E-state index contributed by atoms with van der Waals surface area (Å²) in [6, 6.07) is 9.79. The maximum absolute atomic E-state index is 12.7. The number of likely N-dealkylation sites (tertiary alicyclic amines) is 1. The molecular formula is C18H18N4O2. The summed E-state index contributed by atoms with van der Waals surface area (Å²) in [5, 5.41) is 0. The topological polar surface area (TPSA) is 66.4 Å². The normalized spacial score (nSPS) is 23.2. The first kappa shape index (κ1) is 14.8. The Morgan fingerprint density at radius 3 is 2.67 bits per heavy atom. The Morgan fingerprint density at radius 1 is 1.08 bits per heavy atom. The summed E-state index contributed by atoms with van der Waals surface area (Å²) in [6.45, 7) is 0.640. The van der Waals surface area contributed by atoms with Crippen molar-refractivity contribution < 1.29 is 9.59 Å². The van der Waals surface area contributed by atoms with Gasteiger partial charge in [0, 0.05) is 31.0 Å². The molecule has 0 N–H and O–H groups in total. The van der Waals surface area contributed by atoms with E-state index in [2.05, 4.69) is 9.97 Å². The second kappa shape index (κ2) is 6.03. The minimum atomic E-state index is -0.0991. The van der Waals surface area contributed by atoms with Gasteiger partial charge < -0.3 is 9.80 Å². The van der Waals surface area contributed by atoms with Crippen LogP contribution in [0, 0.1) is 0 Å². The van der Waals surface area contributed by atoms with Crippen LogP contribution in [-0.2, 0) is 4.79 Å². The van der Waals surface area contributed by atoms with E-state index in [1.165, 1.54) is 12.4 Å². The lowest BCUT2D eigenvalue weighted by Crippen LogP contribution is -2.53. The van der Waals surface area contributed by atoms with E-state index in [0.717, 1.165) is 12.1 Å². The number of hydrogen-bond acceptors (Lipinski definition) is 4. The molecule has 2 amide bonds. The average molecular weight is 322 g/mol. The predicted octanol–water partition coefficient (Wildman–Crippen LogP) is 1.89. The van der Waals surface area contributed by atoms with Gasteiger partial charge in [0.05, 0.1) is 18.3 Å². The fraction of sp³-hybridized carbons (Fsp3) is 0.333. The molecule has 2 fully saturated rings. The Balaban J connectivity index is 1.61. The molecule has 0 spiro atoms. The van der Waals surface area contributed by atoms with Crippen LogP contribution in [0.3, 0.4) is 0 Å². The second-order valence-electron chi connectivity index (χ2n) is 6.15. The SMILES string of the molecule is O=C(c1cnccn1)N1CC[C@@H]2[C@H]1CCC(=O)N2c1ccccc1. The molecule has 0 bridgehead atoms. The van der Waals surface area contributed by atoms with Crippen molar-refractivity contribution in [3.63, 3.8) is 0 Å². The average Bonchev–Trinajstić information content (AvgIpc) is 3.06. The molecule has 2 saturated heterocycles. The Morgan fingerprint density at radius 2 is 1.92 bits per heavy atom. The van der Waals surface area contributed by atoms with E-state index in [-0.39, 0.29) is 23.9 Å². The number of benzene rings is 1. The maximum atomic E-state index is 12.7. The number of aromatic nitrogens is 2. The second-order valence-corrected chi connectivity index (χ2v) is 6.15. The van der Waals surface area contributed by atoms with E-state index < -0.39 is 0 Å². The molecule has 2 atom stereocenters. The Labute approximate surface area is 140 Å². The minimum Gasteiger partial charge on any atom is -0.332 e. The quantitative estimate of drug-likeness (QED) is 0.847. The van der Waals surface area contributed by atoms with E-state index in [4.69, 9.17) is 0 Å². The largest absolute Gasteiger partial charge is 0.332 e. The van der Waals surface area contributed by atoms with Gasteiger partial charge in [-0.3, -0.25) is 14.6 Å². The van der Waals surface area contributed by atoms with Crippen LogP contribution >= 0.6 is 0 Å². The van der Waals surface area contributed by atoms with E-state index in [1.54, 1.807) is 6.20 Å². The van der Waals surface area contributed by atoms with Crippen LogP contribution in [0.4, 0.5) is 5.69 Å². The summed E-state index contributed by atoms with van der Waals surface area (Å²) in [4.78, 5) is 37.1. The summed E-state index contributed by atoms with van der Waals surface area (Å²) in [5.41, 5.74) is 1.27. The molecule has 122 valence electrons. The van der Waals surface area contributed by atoms with E-state index >= 15 is 0 Å². The predicted molar refractivity (Wildman–Crippen MR) is 88.4 cm³/mol. The highest BCUT2D eigenvalue weighted by Gasteiger charge is 2.45. The van der Waals surface area contributed by atoms with Crippen LogP contribution < -0.4 is 4.90 Å². The zero-order valence-corrected chi connectivity index (χ0v) is 13.2. The molecule has 0 radical (unpaired) electrons. The minimum absolute atomic E-state index is 0.0364. The smallest absolute Gasteiger partial charge is 0.274 e. The van der Waals surface area contributed by atoms with Crippen molar-refractivity contribution in [3.05, 3.63) is 54.6 Å². The number of para-hydroxylation sites is 1. The van der Waals surface area contributed by atoms with Crippen LogP contribution in [0.15, 0.2) is 48.9 Å². The summed E-state index contributed by atoms with van der Waals surface area (Å²) in [5.74, 6) is 0.0363.